The summed E-state index contributed by atoms with van der Waals surface area (Å²) >= 11 is 0. The van der Waals surface area contributed by atoms with E-state index in [2.05, 4.69) is 23.7 Å². The van der Waals surface area contributed by atoms with Crippen molar-refractivity contribution in [1.29, 1.82) is 0 Å². The van der Waals surface area contributed by atoms with Gasteiger partial charge in [-0.3, -0.25) is 9.89 Å². The van der Waals surface area contributed by atoms with E-state index in [0.29, 0.717) is 11.6 Å². The quantitative estimate of drug-likeness (QED) is 0.241. The summed E-state index contributed by atoms with van der Waals surface area (Å²) in [6.45, 7) is 10.8. The van der Waals surface area contributed by atoms with Crippen molar-refractivity contribution in [2.24, 2.45) is 10.7 Å². The molecule has 0 radical (unpaired) electrons. The van der Waals surface area contributed by atoms with E-state index in [1.54, 1.807) is 6.07 Å². The number of piperazine rings is 1. The number of alkyl halides is 3. The number of nitrogens with two attached hydrogens (primary N) is 1. The summed E-state index contributed by atoms with van der Waals surface area (Å²) in [5.74, 6) is 0.611. The molecular weight excluding hydrogens is 494 g/mol. The van der Waals surface area contributed by atoms with Crippen LogP contribution in [0.15, 0.2) is 29.3 Å². The number of halogens is 4. The molecule has 0 bridgehead atoms. The highest BCUT2D eigenvalue weighted by molar-refractivity contribution is 14.0. The maximum absolute atomic E-state index is 12.9. The third kappa shape index (κ3) is 8.19. The zero-order valence-corrected chi connectivity index (χ0v) is 19.6. The van der Waals surface area contributed by atoms with Crippen LogP contribution >= 0.6 is 24.0 Å². The highest BCUT2D eigenvalue weighted by atomic mass is 127. The minimum atomic E-state index is -4.30. The molecule has 9 heteroatoms. The molecule has 1 fully saturated rings. The molecule has 1 aliphatic rings. The van der Waals surface area contributed by atoms with Gasteiger partial charge in [0.05, 0.1) is 5.56 Å². The van der Waals surface area contributed by atoms with Crippen LogP contribution in [0.3, 0.4) is 0 Å². The van der Waals surface area contributed by atoms with Crippen molar-refractivity contribution in [2.45, 2.75) is 32.9 Å². The molecule has 1 heterocycles. The van der Waals surface area contributed by atoms with Crippen LogP contribution < -0.4 is 10.6 Å². The van der Waals surface area contributed by atoms with E-state index in [1.807, 2.05) is 9.80 Å². The molecule has 1 aromatic carbocycles. The van der Waals surface area contributed by atoms with Gasteiger partial charge in [0.1, 0.15) is 0 Å². The van der Waals surface area contributed by atoms with Gasteiger partial charge in [-0.2, -0.15) is 13.2 Å². The maximum Gasteiger partial charge on any atom is 0.416 e. The van der Waals surface area contributed by atoms with Crippen molar-refractivity contribution in [3.8, 4) is 0 Å². The normalized spacial score (nSPS) is 15.9. The zero-order valence-electron chi connectivity index (χ0n) is 17.3. The molecule has 2 rings (SSSR count). The first-order valence-corrected chi connectivity index (χ1v) is 10.0. The van der Waals surface area contributed by atoms with Crippen molar-refractivity contribution in [1.82, 2.24) is 9.80 Å². The average molecular weight is 527 g/mol. The molecule has 0 amide bonds. The topological polar surface area (TPSA) is 48.1 Å². The molecule has 166 valence electrons. The molecule has 2 N–H and O–H groups in total. The third-order valence-electron chi connectivity index (χ3n) is 5.15. The monoisotopic (exact) mass is 527 g/mol. The highest BCUT2D eigenvalue weighted by Gasteiger charge is 2.31. The Morgan fingerprint density at radius 1 is 1.10 bits per heavy atom. The Balaban J connectivity index is 0.00000420. The molecule has 1 aromatic rings. The summed E-state index contributed by atoms with van der Waals surface area (Å²) in [5.41, 5.74) is 6.02. The van der Waals surface area contributed by atoms with Crippen molar-refractivity contribution < 1.29 is 13.2 Å². The molecule has 29 heavy (non-hydrogen) atoms. The molecule has 0 spiro atoms. The Bertz CT molecular complexity index is 627. The number of benzene rings is 1. The lowest BCUT2D eigenvalue weighted by molar-refractivity contribution is -0.137. The Kier molecular flexibility index (Phi) is 11.1. The predicted molar refractivity (Wildman–Crippen MR) is 124 cm³/mol. The van der Waals surface area contributed by atoms with Crippen LogP contribution in [0.2, 0.25) is 0 Å². The molecule has 0 aliphatic carbocycles. The smallest absolute Gasteiger partial charge is 0.370 e. The first-order chi connectivity index (χ1) is 13.3. The summed E-state index contributed by atoms with van der Waals surface area (Å²) in [4.78, 5) is 10.9. The SMILES string of the molecule is CCN(CC)C(N)=NCCCCN1CCN(c2cccc(C(F)(F)F)c2)CC1.I. The molecule has 0 saturated carbocycles. The predicted octanol–water partition coefficient (Wildman–Crippen LogP) is 3.88. The lowest BCUT2D eigenvalue weighted by Crippen LogP contribution is -2.46. The number of rotatable bonds is 8. The second-order valence-electron chi connectivity index (χ2n) is 7.00. The van der Waals surface area contributed by atoms with Gasteiger partial charge in [0.25, 0.3) is 0 Å². The summed E-state index contributed by atoms with van der Waals surface area (Å²) in [7, 11) is 0. The van der Waals surface area contributed by atoms with Gasteiger partial charge < -0.3 is 15.5 Å². The van der Waals surface area contributed by atoms with Crippen LogP contribution in [0, 0.1) is 0 Å². The molecule has 0 aromatic heterocycles. The van der Waals surface area contributed by atoms with Gasteiger partial charge in [-0.05, 0) is 51.4 Å². The Hall–Kier alpha value is -1.23. The zero-order chi connectivity index (χ0) is 20.6. The minimum absolute atomic E-state index is 0. The molecular formula is C20H33F3IN5. The van der Waals surface area contributed by atoms with Gasteiger partial charge in [0.15, 0.2) is 5.96 Å². The number of hydrogen-bond donors (Lipinski definition) is 1. The fraction of sp³-hybridized carbons (Fsp3) is 0.650. The van der Waals surface area contributed by atoms with Crippen LogP contribution in [-0.2, 0) is 6.18 Å². The van der Waals surface area contributed by atoms with E-state index >= 15 is 0 Å². The molecule has 1 saturated heterocycles. The number of hydrogen-bond acceptors (Lipinski definition) is 3. The van der Waals surface area contributed by atoms with E-state index in [-0.39, 0.29) is 24.0 Å². The fourth-order valence-electron chi connectivity index (χ4n) is 3.40. The van der Waals surface area contributed by atoms with Gasteiger partial charge >= 0.3 is 6.18 Å². The van der Waals surface area contributed by atoms with E-state index in [0.717, 1.165) is 71.3 Å². The van der Waals surface area contributed by atoms with Gasteiger partial charge in [-0.15, -0.1) is 24.0 Å². The standard InChI is InChI=1S/C20H32F3N5.HI/c1-3-27(4-2)19(24)25-10-5-6-11-26-12-14-28(15-13-26)18-9-7-8-17(16-18)20(21,22)23;/h7-9,16H,3-6,10-15H2,1-2H3,(H2,24,25);1H. The summed E-state index contributed by atoms with van der Waals surface area (Å²) in [5, 5.41) is 0. The first-order valence-electron chi connectivity index (χ1n) is 10.0. The molecule has 1 aliphatic heterocycles. The molecule has 0 atom stereocenters. The highest BCUT2D eigenvalue weighted by Crippen LogP contribution is 2.31. The van der Waals surface area contributed by atoms with Crippen molar-refractivity contribution >= 4 is 35.6 Å². The summed E-state index contributed by atoms with van der Waals surface area (Å²) < 4.78 is 38.7. The first kappa shape index (κ1) is 25.8. The van der Waals surface area contributed by atoms with Crippen LogP contribution in [0.1, 0.15) is 32.3 Å². The largest absolute Gasteiger partial charge is 0.416 e. The summed E-state index contributed by atoms with van der Waals surface area (Å²) in [6, 6.07) is 5.60. The number of aliphatic imine (C=N–C) groups is 1. The maximum atomic E-state index is 12.9. The number of nitrogens with zero attached hydrogens (tertiary/aromatic N) is 4. The van der Waals surface area contributed by atoms with Gasteiger partial charge in [-0.1, -0.05) is 6.07 Å². The number of unbranched alkanes of at least 4 members (excludes halogenated alkanes) is 1. The van der Waals surface area contributed by atoms with E-state index < -0.39 is 11.7 Å². The van der Waals surface area contributed by atoms with Gasteiger partial charge in [0.2, 0.25) is 0 Å². The van der Waals surface area contributed by atoms with E-state index in [4.69, 9.17) is 5.73 Å². The number of anilines is 1. The summed E-state index contributed by atoms with van der Waals surface area (Å²) in [6.07, 6.45) is -2.27. The second kappa shape index (κ2) is 12.5. The number of guanidine groups is 1. The third-order valence-corrected chi connectivity index (χ3v) is 5.15. The average Bonchev–Trinajstić information content (AvgIpc) is 2.68. The van der Waals surface area contributed by atoms with E-state index in [9.17, 15) is 13.2 Å². The Labute approximate surface area is 189 Å². The minimum Gasteiger partial charge on any atom is -0.370 e. The Morgan fingerprint density at radius 3 is 2.34 bits per heavy atom. The lowest BCUT2D eigenvalue weighted by Gasteiger charge is -2.36. The fourth-order valence-corrected chi connectivity index (χ4v) is 3.40. The molecule has 0 unspecified atom stereocenters. The van der Waals surface area contributed by atoms with Crippen molar-refractivity contribution in [3.05, 3.63) is 29.8 Å². The molecule has 5 nitrogen and oxygen atoms in total. The lowest BCUT2D eigenvalue weighted by atomic mass is 10.1. The second-order valence-corrected chi connectivity index (χ2v) is 7.00. The van der Waals surface area contributed by atoms with Gasteiger partial charge in [0, 0.05) is 51.5 Å². The van der Waals surface area contributed by atoms with Crippen molar-refractivity contribution in [3.63, 3.8) is 0 Å². The van der Waals surface area contributed by atoms with Crippen molar-refractivity contribution in [2.75, 3.05) is 57.3 Å². The van der Waals surface area contributed by atoms with Crippen LogP contribution in [-0.4, -0.2) is 68.1 Å². The van der Waals surface area contributed by atoms with E-state index in [1.165, 1.54) is 12.1 Å². The van der Waals surface area contributed by atoms with Crippen LogP contribution in [0.25, 0.3) is 0 Å². The van der Waals surface area contributed by atoms with Crippen LogP contribution in [0.4, 0.5) is 18.9 Å². The Morgan fingerprint density at radius 2 is 1.76 bits per heavy atom. The van der Waals surface area contributed by atoms with Crippen LogP contribution in [0.5, 0.6) is 0 Å². The van der Waals surface area contributed by atoms with Gasteiger partial charge in [-0.25, -0.2) is 0 Å².